The van der Waals surface area contributed by atoms with E-state index in [1.54, 1.807) is 19.4 Å². The van der Waals surface area contributed by atoms with Crippen molar-refractivity contribution in [3.05, 3.63) is 59.5 Å². The van der Waals surface area contributed by atoms with Crippen molar-refractivity contribution >= 4 is 16.6 Å². The summed E-state index contributed by atoms with van der Waals surface area (Å²) in [6, 6.07) is 6.72. The summed E-state index contributed by atoms with van der Waals surface area (Å²) in [6.07, 6.45) is 2.48. The summed E-state index contributed by atoms with van der Waals surface area (Å²) in [5.74, 6) is -3.24. The number of rotatable bonds is 11. The normalized spacial score (nSPS) is 16.3. The first-order valence-corrected chi connectivity index (χ1v) is 13.0. The van der Waals surface area contributed by atoms with Gasteiger partial charge in [0.2, 0.25) is 5.82 Å². The number of anilines is 1. The topological polar surface area (TPSA) is 58.1 Å². The number of fused-ring (bicyclic) bond motifs is 1. The number of hydrogen-bond acceptors (Lipinski definition) is 6. The lowest BCUT2D eigenvalue weighted by Gasteiger charge is -2.41. The fraction of sp³-hybridized carbons (Fsp3) is 0.483. The van der Waals surface area contributed by atoms with E-state index < -0.39 is 34.8 Å². The third kappa shape index (κ3) is 6.55. The monoisotopic (exact) mass is 549 g/mol. The van der Waals surface area contributed by atoms with Crippen molar-refractivity contribution in [3.63, 3.8) is 0 Å². The van der Waals surface area contributed by atoms with Gasteiger partial charge in [0, 0.05) is 50.3 Å². The molecule has 0 bridgehead atoms. The Hall–Kier alpha value is -3.11. The first-order valence-electron chi connectivity index (χ1n) is 13.0. The Bertz CT molecular complexity index is 1280. The summed E-state index contributed by atoms with van der Waals surface area (Å²) in [6.45, 7) is 1.72. The molecule has 0 spiro atoms. The number of aromatic nitrogens is 1. The van der Waals surface area contributed by atoms with Crippen LogP contribution in [-0.4, -0.2) is 69.0 Å². The van der Waals surface area contributed by atoms with E-state index in [-0.39, 0.29) is 19.6 Å². The number of likely N-dealkylation sites (tertiary alicyclic amines) is 1. The van der Waals surface area contributed by atoms with Gasteiger partial charge in [-0.1, -0.05) is 0 Å². The summed E-state index contributed by atoms with van der Waals surface area (Å²) in [7, 11) is 5.28. The molecule has 4 rings (SSSR count). The van der Waals surface area contributed by atoms with E-state index >= 15 is 4.39 Å². The van der Waals surface area contributed by atoms with Crippen LogP contribution in [0, 0.1) is 22.9 Å². The van der Waals surface area contributed by atoms with Crippen molar-refractivity contribution in [1.29, 1.82) is 0 Å². The first kappa shape index (κ1) is 28.9. The highest BCUT2D eigenvalue weighted by Gasteiger charge is 2.35. The number of methoxy groups -OCH3 is 1. The molecule has 39 heavy (non-hydrogen) atoms. The van der Waals surface area contributed by atoms with Crippen molar-refractivity contribution < 1.29 is 32.1 Å². The highest BCUT2D eigenvalue weighted by atomic mass is 19.2. The Kier molecular flexibility index (Phi) is 9.17. The first-order chi connectivity index (χ1) is 18.7. The molecule has 212 valence electrons. The summed E-state index contributed by atoms with van der Waals surface area (Å²) in [5, 5.41) is 11.0. The van der Waals surface area contributed by atoms with E-state index in [2.05, 4.69) is 9.88 Å². The fourth-order valence-electron chi connectivity index (χ4n) is 5.23. The average Bonchev–Trinajstić information content (AvgIpc) is 2.94. The number of hydrogen-bond donors (Lipinski definition) is 1. The van der Waals surface area contributed by atoms with Crippen LogP contribution in [0.15, 0.2) is 36.5 Å². The number of aliphatic hydroxyl groups excluding tert-OH is 1. The molecule has 10 heteroatoms. The molecule has 0 saturated carbocycles. The second-order valence-corrected chi connectivity index (χ2v) is 10.4. The SMILES string of the molecule is COc1ccc2ncc(N(C)C)c([C@@H](F)CCC3(CO)CCN(CCOc4cc(F)cc(F)c4F)CC3)c2c1. The highest BCUT2D eigenvalue weighted by molar-refractivity contribution is 5.88. The molecule has 1 N–H and O–H groups in total. The van der Waals surface area contributed by atoms with E-state index in [1.165, 1.54) is 0 Å². The van der Waals surface area contributed by atoms with Crippen LogP contribution in [-0.2, 0) is 0 Å². The quantitative estimate of drug-likeness (QED) is 0.246. The maximum absolute atomic E-state index is 16.0. The smallest absolute Gasteiger partial charge is 0.200 e. The molecule has 1 atom stereocenters. The van der Waals surface area contributed by atoms with Gasteiger partial charge in [0.05, 0.1) is 24.5 Å². The molecule has 6 nitrogen and oxygen atoms in total. The van der Waals surface area contributed by atoms with Crippen molar-refractivity contribution in [2.24, 2.45) is 5.41 Å². The Balaban J connectivity index is 1.38. The lowest BCUT2D eigenvalue weighted by Crippen LogP contribution is -2.43. The number of pyridine rings is 1. The van der Waals surface area contributed by atoms with Crippen molar-refractivity contribution in [3.8, 4) is 11.5 Å². The number of halogens is 4. The second-order valence-electron chi connectivity index (χ2n) is 10.4. The largest absolute Gasteiger partial charge is 0.497 e. The molecule has 2 heterocycles. The van der Waals surface area contributed by atoms with Crippen LogP contribution in [0.1, 0.15) is 37.4 Å². The van der Waals surface area contributed by atoms with Gasteiger partial charge in [0.15, 0.2) is 11.6 Å². The minimum Gasteiger partial charge on any atom is -0.497 e. The van der Waals surface area contributed by atoms with E-state index in [1.807, 2.05) is 31.1 Å². The van der Waals surface area contributed by atoms with E-state index in [0.717, 1.165) is 6.07 Å². The van der Waals surface area contributed by atoms with Gasteiger partial charge in [0.25, 0.3) is 0 Å². The summed E-state index contributed by atoms with van der Waals surface area (Å²) in [5.41, 5.74) is 1.53. The third-order valence-electron chi connectivity index (χ3n) is 7.70. The number of nitrogens with zero attached hydrogens (tertiary/aromatic N) is 3. The lowest BCUT2D eigenvalue weighted by molar-refractivity contribution is 0.0264. The van der Waals surface area contributed by atoms with Gasteiger partial charge in [-0.15, -0.1) is 0 Å². The number of piperidine rings is 1. The molecular formula is C29H35F4N3O3. The number of ether oxygens (including phenoxy) is 2. The number of benzene rings is 2. The zero-order chi connectivity index (χ0) is 28.2. The molecule has 0 aliphatic carbocycles. The van der Waals surface area contributed by atoms with Gasteiger partial charge in [-0.25, -0.2) is 13.2 Å². The lowest BCUT2D eigenvalue weighted by atomic mass is 9.74. The zero-order valence-electron chi connectivity index (χ0n) is 22.5. The van der Waals surface area contributed by atoms with Gasteiger partial charge in [0.1, 0.15) is 24.3 Å². The van der Waals surface area contributed by atoms with E-state index in [0.29, 0.717) is 72.9 Å². The van der Waals surface area contributed by atoms with Crippen LogP contribution in [0.5, 0.6) is 11.5 Å². The molecule has 0 amide bonds. The van der Waals surface area contributed by atoms with Crippen molar-refractivity contribution in [2.45, 2.75) is 31.9 Å². The second kappa shape index (κ2) is 12.4. The van der Waals surface area contributed by atoms with Crippen LogP contribution in [0.3, 0.4) is 0 Å². The Labute approximate surface area is 226 Å². The molecule has 3 aromatic rings. The Morgan fingerprint density at radius 2 is 1.87 bits per heavy atom. The summed E-state index contributed by atoms with van der Waals surface area (Å²) < 4.78 is 67.2. The molecule has 1 saturated heterocycles. The Morgan fingerprint density at radius 3 is 2.54 bits per heavy atom. The number of alkyl halides is 1. The molecule has 1 aromatic heterocycles. The highest BCUT2D eigenvalue weighted by Crippen LogP contribution is 2.42. The Morgan fingerprint density at radius 1 is 1.13 bits per heavy atom. The van der Waals surface area contributed by atoms with Gasteiger partial charge in [-0.2, -0.15) is 4.39 Å². The molecule has 0 unspecified atom stereocenters. The molecule has 0 radical (unpaired) electrons. The average molecular weight is 550 g/mol. The third-order valence-corrected chi connectivity index (χ3v) is 7.70. The molecule has 1 aliphatic heterocycles. The summed E-state index contributed by atoms with van der Waals surface area (Å²) in [4.78, 5) is 8.42. The van der Waals surface area contributed by atoms with E-state index in [9.17, 15) is 18.3 Å². The molecule has 1 aliphatic rings. The standard InChI is InChI=1S/C29H35F4N3O3/c1-35(2)25-17-34-24-5-4-20(38-3)16-21(24)27(25)22(31)6-7-29(18-37)8-10-36(11-9-29)12-13-39-26-15-19(30)14-23(32)28(26)33/h4-5,14-17,22,37H,6-13,18H2,1-3H3/t22-/m0/s1. The van der Waals surface area contributed by atoms with Gasteiger partial charge >= 0.3 is 0 Å². The predicted octanol–water partition coefficient (Wildman–Crippen LogP) is 5.67. The zero-order valence-corrected chi connectivity index (χ0v) is 22.5. The van der Waals surface area contributed by atoms with E-state index in [4.69, 9.17) is 9.47 Å². The summed E-state index contributed by atoms with van der Waals surface area (Å²) >= 11 is 0. The minimum atomic E-state index is -1.29. The predicted molar refractivity (Wildman–Crippen MR) is 143 cm³/mol. The minimum absolute atomic E-state index is 0.0523. The van der Waals surface area contributed by atoms with Crippen LogP contribution < -0.4 is 14.4 Å². The fourth-order valence-corrected chi connectivity index (χ4v) is 5.23. The van der Waals surface area contributed by atoms with Crippen LogP contribution >= 0.6 is 0 Å². The maximum atomic E-state index is 16.0. The molecule has 1 fully saturated rings. The van der Waals surface area contributed by atoms with Gasteiger partial charge < -0.3 is 19.5 Å². The van der Waals surface area contributed by atoms with Gasteiger partial charge in [-0.3, -0.25) is 9.88 Å². The van der Waals surface area contributed by atoms with Crippen LogP contribution in [0.4, 0.5) is 23.2 Å². The van der Waals surface area contributed by atoms with Crippen molar-refractivity contribution in [1.82, 2.24) is 9.88 Å². The molecule has 2 aromatic carbocycles. The van der Waals surface area contributed by atoms with Crippen LogP contribution in [0.25, 0.3) is 10.9 Å². The molecular weight excluding hydrogens is 514 g/mol. The van der Waals surface area contributed by atoms with Gasteiger partial charge in [-0.05, 0) is 62.4 Å². The maximum Gasteiger partial charge on any atom is 0.200 e. The number of aliphatic hydroxyl groups is 1. The van der Waals surface area contributed by atoms with Crippen molar-refractivity contribution in [2.75, 3.05) is 59.0 Å². The van der Waals surface area contributed by atoms with Crippen LogP contribution in [0.2, 0.25) is 0 Å².